The predicted molar refractivity (Wildman–Crippen MR) is 71.6 cm³/mol. The molecule has 106 valence electrons. The Labute approximate surface area is 117 Å². The van der Waals surface area contributed by atoms with Crippen LogP contribution >= 0.6 is 10.7 Å². The summed E-state index contributed by atoms with van der Waals surface area (Å²) in [6.45, 7) is 0. The molecule has 1 aromatic rings. The van der Waals surface area contributed by atoms with E-state index in [1.807, 2.05) is 0 Å². The van der Waals surface area contributed by atoms with Crippen LogP contribution in [-0.4, -0.2) is 14.5 Å². The van der Waals surface area contributed by atoms with E-state index < -0.39 is 14.9 Å². The lowest BCUT2D eigenvalue weighted by molar-refractivity contribution is 0.175. The van der Waals surface area contributed by atoms with Crippen molar-refractivity contribution in [3.8, 4) is 5.75 Å². The fourth-order valence-electron chi connectivity index (χ4n) is 2.27. The molecule has 0 bridgehead atoms. The normalized spacial score (nSPS) is 18.0. The third-order valence-electron chi connectivity index (χ3n) is 3.28. The smallest absolute Gasteiger partial charge is 0.261 e. The minimum absolute atomic E-state index is 0.00968. The van der Waals surface area contributed by atoms with Gasteiger partial charge in [0.25, 0.3) is 9.05 Å². The molecular formula is C13H16ClFO3S. The highest BCUT2D eigenvalue weighted by molar-refractivity contribution is 8.13. The summed E-state index contributed by atoms with van der Waals surface area (Å²) in [6.07, 6.45) is 6.37. The van der Waals surface area contributed by atoms with Gasteiger partial charge in [0.2, 0.25) is 0 Å². The molecule has 0 heterocycles. The van der Waals surface area contributed by atoms with Crippen LogP contribution in [0.15, 0.2) is 23.1 Å². The van der Waals surface area contributed by atoms with Crippen LogP contribution in [0, 0.1) is 5.82 Å². The second-order valence-corrected chi connectivity index (χ2v) is 7.33. The number of benzene rings is 1. The first-order chi connectivity index (χ1) is 8.97. The van der Waals surface area contributed by atoms with Crippen molar-refractivity contribution in [1.82, 2.24) is 0 Å². The molecule has 0 saturated heterocycles. The molecule has 1 saturated carbocycles. The summed E-state index contributed by atoms with van der Waals surface area (Å²) in [5, 5.41) is 0. The second kappa shape index (κ2) is 6.09. The zero-order valence-electron chi connectivity index (χ0n) is 10.4. The van der Waals surface area contributed by atoms with E-state index in [1.165, 1.54) is 25.0 Å². The van der Waals surface area contributed by atoms with Crippen LogP contribution in [-0.2, 0) is 9.05 Å². The van der Waals surface area contributed by atoms with Gasteiger partial charge in [-0.15, -0.1) is 0 Å². The molecule has 0 amide bonds. The van der Waals surface area contributed by atoms with E-state index in [0.717, 1.165) is 31.7 Å². The molecule has 0 aromatic heterocycles. The molecule has 1 fully saturated rings. The van der Waals surface area contributed by atoms with Gasteiger partial charge in [0, 0.05) is 10.7 Å². The molecule has 0 radical (unpaired) electrons. The van der Waals surface area contributed by atoms with Crippen LogP contribution in [0.3, 0.4) is 0 Å². The number of ether oxygens (including phenoxy) is 1. The van der Waals surface area contributed by atoms with Crippen molar-refractivity contribution < 1.29 is 17.5 Å². The molecule has 1 aliphatic carbocycles. The third-order valence-corrected chi connectivity index (χ3v) is 4.63. The van der Waals surface area contributed by atoms with E-state index in [4.69, 9.17) is 15.4 Å². The van der Waals surface area contributed by atoms with Gasteiger partial charge in [-0.1, -0.05) is 12.8 Å². The van der Waals surface area contributed by atoms with E-state index in [0.29, 0.717) is 0 Å². The van der Waals surface area contributed by atoms with E-state index >= 15 is 0 Å². The van der Waals surface area contributed by atoms with Crippen LogP contribution in [0.5, 0.6) is 5.75 Å². The summed E-state index contributed by atoms with van der Waals surface area (Å²) in [5.41, 5.74) is 0. The van der Waals surface area contributed by atoms with Gasteiger partial charge in [-0.05, 0) is 43.9 Å². The predicted octanol–water partition coefficient (Wildman–Crippen LogP) is 3.85. The third kappa shape index (κ3) is 4.08. The second-order valence-electron chi connectivity index (χ2n) is 4.76. The lowest BCUT2D eigenvalue weighted by atomic mass is 10.1. The molecule has 0 spiro atoms. The zero-order valence-corrected chi connectivity index (χ0v) is 12.0. The van der Waals surface area contributed by atoms with Crippen LogP contribution in [0.1, 0.15) is 38.5 Å². The van der Waals surface area contributed by atoms with Crippen molar-refractivity contribution >= 4 is 19.7 Å². The molecule has 0 atom stereocenters. The van der Waals surface area contributed by atoms with Crippen molar-refractivity contribution in [2.45, 2.75) is 49.5 Å². The van der Waals surface area contributed by atoms with Crippen LogP contribution < -0.4 is 4.74 Å². The Morgan fingerprint density at radius 1 is 1.16 bits per heavy atom. The Balaban J connectivity index is 2.12. The van der Waals surface area contributed by atoms with Gasteiger partial charge in [-0.3, -0.25) is 0 Å². The fraction of sp³-hybridized carbons (Fsp3) is 0.538. The standard InChI is InChI=1S/C13H16ClFO3S/c14-19(16,17)11-7-8-13(12(15)9-11)18-10-5-3-1-2-4-6-10/h7-10H,1-6H2. The molecule has 1 aromatic carbocycles. The Morgan fingerprint density at radius 3 is 2.32 bits per heavy atom. The average Bonchev–Trinajstić information content (AvgIpc) is 2.59. The number of halogens is 2. The summed E-state index contributed by atoms with van der Waals surface area (Å²) >= 11 is 0. The van der Waals surface area contributed by atoms with E-state index in [9.17, 15) is 12.8 Å². The lowest BCUT2D eigenvalue weighted by Crippen LogP contribution is -2.15. The van der Waals surface area contributed by atoms with Gasteiger partial charge in [0.05, 0.1) is 11.0 Å². The Morgan fingerprint density at radius 2 is 1.79 bits per heavy atom. The first-order valence-electron chi connectivity index (χ1n) is 6.38. The van der Waals surface area contributed by atoms with Crippen molar-refractivity contribution in [3.63, 3.8) is 0 Å². The van der Waals surface area contributed by atoms with Gasteiger partial charge in [-0.2, -0.15) is 0 Å². The summed E-state index contributed by atoms with van der Waals surface area (Å²) in [6, 6.07) is 3.49. The molecule has 3 nitrogen and oxygen atoms in total. The van der Waals surface area contributed by atoms with Gasteiger partial charge in [0.15, 0.2) is 11.6 Å². The average molecular weight is 307 g/mol. The van der Waals surface area contributed by atoms with Gasteiger partial charge in [0.1, 0.15) is 0 Å². The molecule has 0 aliphatic heterocycles. The Bertz CT molecular complexity index is 537. The van der Waals surface area contributed by atoms with Crippen LogP contribution in [0.25, 0.3) is 0 Å². The maximum atomic E-state index is 13.8. The number of rotatable bonds is 3. The Hall–Kier alpha value is -0.810. The first kappa shape index (κ1) is 14.6. The van der Waals surface area contributed by atoms with Crippen LogP contribution in [0.4, 0.5) is 4.39 Å². The molecule has 6 heteroatoms. The molecule has 0 N–H and O–H groups in total. The monoisotopic (exact) mass is 306 g/mol. The Kier molecular flexibility index (Phi) is 4.68. The summed E-state index contributed by atoms with van der Waals surface area (Å²) < 4.78 is 41.6. The lowest BCUT2D eigenvalue weighted by Gasteiger charge is -2.17. The highest BCUT2D eigenvalue weighted by atomic mass is 35.7. The van der Waals surface area contributed by atoms with Gasteiger partial charge >= 0.3 is 0 Å². The fourth-order valence-corrected chi connectivity index (χ4v) is 3.03. The topological polar surface area (TPSA) is 43.4 Å². The zero-order chi connectivity index (χ0) is 13.9. The molecular weight excluding hydrogens is 291 g/mol. The van der Waals surface area contributed by atoms with Crippen LogP contribution in [0.2, 0.25) is 0 Å². The van der Waals surface area contributed by atoms with Crippen molar-refractivity contribution in [1.29, 1.82) is 0 Å². The quantitative estimate of drug-likeness (QED) is 0.629. The molecule has 19 heavy (non-hydrogen) atoms. The summed E-state index contributed by atoms with van der Waals surface area (Å²) in [4.78, 5) is -0.250. The largest absolute Gasteiger partial charge is 0.487 e. The highest BCUT2D eigenvalue weighted by Crippen LogP contribution is 2.27. The first-order valence-corrected chi connectivity index (χ1v) is 8.68. The van der Waals surface area contributed by atoms with E-state index in [2.05, 4.69) is 0 Å². The SMILES string of the molecule is O=S(=O)(Cl)c1ccc(OC2CCCCCC2)c(F)c1. The van der Waals surface area contributed by atoms with Gasteiger partial charge < -0.3 is 4.74 Å². The minimum atomic E-state index is -3.90. The molecule has 0 unspecified atom stereocenters. The highest BCUT2D eigenvalue weighted by Gasteiger charge is 2.18. The number of hydrogen-bond acceptors (Lipinski definition) is 3. The minimum Gasteiger partial charge on any atom is -0.487 e. The maximum Gasteiger partial charge on any atom is 0.261 e. The number of hydrogen-bond donors (Lipinski definition) is 0. The summed E-state index contributed by atoms with van der Waals surface area (Å²) in [7, 11) is 1.26. The van der Waals surface area contributed by atoms with Crippen molar-refractivity contribution in [3.05, 3.63) is 24.0 Å². The molecule has 2 rings (SSSR count). The van der Waals surface area contributed by atoms with Gasteiger partial charge in [-0.25, -0.2) is 12.8 Å². The van der Waals surface area contributed by atoms with E-state index in [1.54, 1.807) is 0 Å². The van der Waals surface area contributed by atoms with E-state index in [-0.39, 0.29) is 16.7 Å². The summed E-state index contributed by atoms with van der Waals surface area (Å²) in [5.74, 6) is -0.595. The van der Waals surface area contributed by atoms with Crippen molar-refractivity contribution in [2.24, 2.45) is 0 Å². The van der Waals surface area contributed by atoms with Crippen molar-refractivity contribution in [2.75, 3.05) is 0 Å². The molecule has 1 aliphatic rings. The maximum absolute atomic E-state index is 13.8.